The molecule has 176 valence electrons. The SMILES string of the molecule is Cc1cccc(NS(=O)(=O)c2ccc(S(=O)(=O)N(C)C)cc2)c1N(C)C(=O)OC(C)(C)C. The summed E-state index contributed by atoms with van der Waals surface area (Å²) >= 11 is 0. The highest BCUT2D eigenvalue weighted by atomic mass is 32.2. The summed E-state index contributed by atoms with van der Waals surface area (Å²) in [5.41, 5.74) is 0.467. The fourth-order valence-electron chi connectivity index (χ4n) is 2.81. The molecule has 0 heterocycles. The third-order valence-corrected chi connectivity index (χ3v) is 7.61. The van der Waals surface area contributed by atoms with Gasteiger partial charge in [-0.2, -0.15) is 0 Å². The lowest BCUT2D eigenvalue weighted by Gasteiger charge is -2.27. The Hall–Kier alpha value is -2.63. The van der Waals surface area contributed by atoms with Gasteiger partial charge in [-0.15, -0.1) is 0 Å². The minimum atomic E-state index is -4.07. The van der Waals surface area contributed by atoms with Gasteiger partial charge in [0.15, 0.2) is 0 Å². The van der Waals surface area contributed by atoms with Crippen LogP contribution >= 0.6 is 0 Å². The second-order valence-electron chi connectivity index (χ2n) is 8.37. The maximum atomic E-state index is 13.0. The predicted molar refractivity (Wildman–Crippen MR) is 124 cm³/mol. The Bertz CT molecular complexity index is 1200. The van der Waals surface area contributed by atoms with Crippen molar-refractivity contribution in [1.29, 1.82) is 0 Å². The Balaban J connectivity index is 2.40. The van der Waals surface area contributed by atoms with Gasteiger partial charge in [-0.25, -0.2) is 25.9 Å². The molecule has 9 nitrogen and oxygen atoms in total. The number of sulfonamides is 2. The zero-order chi connectivity index (χ0) is 24.5. The number of hydrogen-bond donors (Lipinski definition) is 1. The molecule has 0 spiro atoms. The molecule has 0 aliphatic carbocycles. The van der Waals surface area contributed by atoms with Gasteiger partial charge in [0.05, 0.1) is 21.2 Å². The van der Waals surface area contributed by atoms with Gasteiger partial charge in [0.1, 0.15) is 5.60 Å². The number of aryl methyl sites for hydroxylation is 1. The van der Waals surface area contributed by atoms with E-state index >= 15 is 0 Å². The summed E-state index contributed by atoms with van der Waals surface area (Å²) in [6, 6.07) is 9.83. The Morgan fingerprint density at radius 3 is 1.94 bits per heavy atom. The topological polar surface area (TPSA) is 113 Å². The van der Waals surface area contributed by atoms with Crippen LogP contribution in [0.2, 0.25) is 0 Å². The van der Waals surface area contributed by atoms with Gasteiger partial charge in [-0.1, -0.05) is 12.1 Å². The molecule has 0 aliphatic rings. The van der Waals surface area contributed by atoms with Crippen LogP contribution in [0, 0.1) is 6.92 Å². The van der Waals surface area contributed by atoms with Crippen molar-refractivity contribution in [3.8, 4) is 0 Å². The standard InChI is InChI=1S/C21H29N3O6S2/c1-15-9-8-10-18(19(15)24(7)20(25)30-21(2,3)4)22-31(26,27)16-11-13-17(14-12-16)32(28,29)23(5)6/h8-14,22H,1-7H3. The maximum Gasteiger partial charge on any atom is 0.414 e. The lowest BCUT2D eigenvalue weighted by atomic mass is 10.1. The van der Waals surface area contributed by atoms with Gasteiger partial charge in [0.25, 0.3) is 10.0 Å². The van der Waals surface area contributed by atoms with E-state index in [4.69, 9.17) is 4.74 Å². The van der Waals surface area contributed by atoms with Crippen LogP contribution < -0.4 is 9.62 Å². The van der Waals surface area contributed by atoms with Crippen molar-refractivity contribution in [2.75, 3.05) is 30.8 Å². The van der Waals surface area contributed by atoms with Gasteiger partial charge in [-0.05, 0) is 63.6 Å². The van der Waals surface area contributed by atoms with Crippen molar-refractivity contribution < 1.29 is 26.4 Å². The number of amides is 1. The van der Waals surface area contributed by atoms with Crippen LogP contribution in [0.3, 0.4) is 0 Å². The van der Waals surface area contributed by atoms with E-state index < -0.39 is 31.7 Å². The van der Waals surface area contributed by atoms with Crippen LogP contribution in [-0.2, 0) is 24.8 Å². The molecule has 1 N–H and O–H groups in total. The average molecular weight is 484 g/mol. The molecule has 0 fully saturated rings. The van der Waals surface area contributed by atoms with Crippen LogP contribution in [0.15, 0.2) is 52.3 Å². The molecule has 0 aliphatic heterocycles. The molecule has 11 heteroatoms. The first-order chi connectivity index (χ1) is 14.6. The van der Waals surface area contributed by atoms with Crippen molar-refractivity contribution >= 4 is 37.5 Å². The van der Waals surface area contributed by atoms with E-state index in [0.717, 1.165) is 4.31 Å². The summed E-state index contributed by atoms with van der Waals surface area (Å²) in [4.78, 5) is 13.6. The van der Waals surface area contributed by atoms with Gasteiger partial charge in [0.2, 0.25) is 10.0 Å². The number of carbonyl (C=O) groups excluding carboxylic acids is 1. The number of anilines is 2. The molecule has 2 rings (SSSR count). The molecule has 0 atom stereocenters. The molecule has 0 saturated carbocycles. The van der Waals surface area contributed by atoms with Crippen LogP contribution in [0.1, 0.15) is 26.3 Å². The smallest absolute Gasteiger partial charge is 0.414 e. The zero-order valence-corrected chi connectivity index (χ0v) is 20.8. The van der Waals surface area contributed by atoms with Crippen LogP contribution in [-0.4, -0.2) is 54.0 Å². The summed E-state index contributed by atoms with van der Waals surface area (Å²) in [5, 5.41) is 0. The lowest BCUT2D eigenvalue weighted by molar-refractivity contribution is 0.0589. The molecule has 1 amide bonds. The third kappa shape index (κ3) is 5.78. The van der Waals surface area contributed by atoms with Crippen LogP contribution in [0.4, 0.5) is 16.2 Å². The summed E-state index contributed by atoms with van der Waals surface area (Å²) in [6.45, 7) is 6.95. The van der Waals surface area contributed by atoms with E-state index in [1.807, 2.05) is 0 Å². The van der Waals surface area contributed by atoms with E-state index in [9.17, 15) is 21.6 Å². The highest BCUT2D eigenvalue weighted by Gasteiger charge is 2.26. The molecular weight excluding hydrogens is 454 g/mol. The highest BCUT2D eigenvalue weighted by Crippen LogP contribution is 2.32. The second kappa shape index (κ2) is 9.08. The van der Waals surface area contributed by atoms with Gasteiger partial charge in [0, 0.05) is 21.1 Å². The summed E-state index contributed by atoms with van der Waals surface area (Å²) in [5.74, 6) is 0. The molecule has 0 unspecified atom stereocenters. The summed E-state index contributed by atoms with van der Waals surface area (Å²) < 4.78 is 59.3. The molecule has 0 bridgehead atoms. The minimum absolute atomic E-state index is 0.0256. The van der Waals surface area contributed by atoms with Crippen molar-refractivity contribution in [2.45, 2.75) is 43.1 Å². The predicted octanol–water partition coefficient (Wildman–Crippen LogP) is 3.42. The van der Waals surface area contributed by atoms with E-state index in [2.05, 4.69) is 4.72 Å². The van der Waals surface area contributed by atoms with E-state index in [1.54, 1.807) is 39.8 Å². The molecular formula is C21H29N3O6S2. The average Bonchev–Trinajstić information content (AvgIpc) is 2.66. The van der Waals surface area contributed by atoms with E-state index in [1.165, 1.54) is 56.4 Å². The number of hydrogen-bond acceptors (Lipinski definition) is 6. The van der Waals surface area contributed by atoms with Crippen molar-refractivity contribution in [1.82, 2.24) is 4.31 Å². The number of nitrogens with one attached hydrogen (secondary N) is 1. The second-order valence-corrected chi connectivity index (χ2v) is 12.2. The van der Waals surface area contributed by atoms with E-state index in [0.29, 0.717) is 11.3 Å². The van der Waals surface area contributed by atoms with Crippen molar-refractivity contribution in [3.63, 3.8) is 0 Å². The number of carbonyl (C=O) groups is 1. The molecule has 0 radical (unpaired) electrons. The fourth-order valence-corrected chi connectivity index (χ4v) is 4.78. The van der Waals surface area contributed by atoms with Crippen molar-refractivity contribution in [3.05, 3.63) is 48.0 Å². The summed E-state index contributed by atoms with van der Waals surface area (Å²) in [6.07, 6.45) is -0.634. The van der Waals surface area contributed by atoms with Gasteiger partial charge < -0.3 is 4.74 Å². The fraction of sp³-hybridized carbons (Fsp3) is 0.381. The van der Waals surface area contributed by atoms with Gasteiger partial charge >= 0.3 is 6.09 Å². The summed E-state index contributed by atoms with van der Waals surface area (Å²) in [7, 11) is -3.48. The number of ether oxygens (including phenoxy) is 1. The van der Waals surface area contributed by atoms with Crippen LogP contribution in [0.25, 0.3) is 0 Å². The highest BCUT2D eigenvalue weighted by molar-refractivity contribution is 7.92. The number of rotatable bonds is 6. The monoisotopic (exact) mass is 483 g/mol. The van der Waals surface area contributed by atoms with E-state index in [-0.39, 0.29) is 15.5 Å². The maximum absolute atomic E-state index is 13.0. The quantitative estimate of drug-likeness (QED) is 0.674. The Morgan fingerprint density at radius 1 is 0.906 bits per heavy atom. The first kappa shape index (κ1) is 25.6. The molecule has 0 saturated heterocycles. The van der Waals surface area contributed by atoms with Gasteiger partial charge in [-0.3, -0.25) is 9.62 Å². The zero-order valence-electron chi connectivity index (χ0n) is 19.2. The molecule has 2 aromatic rings. The molecule has 0 aromatic heterocycles. The Kier molecular flexibility index (Phi) is 7.28. The largest absolute Gasteiger partial charge is 0.443 e. The molecule has 32 heavy (non-hydrogen) atoms. The number of para-hydroxylation sites is 1. The normalized spacial score (nSPS) is 12.5. The lowest BCUT2D eigenvalue weighted by Crippen LogP contribution is -2.35. The third-order valence-electron chi connectivity index (χ3n) is 4.40. The Morgan fingerprint density at radius 2 is 1.44 bits per heavy atom. The Labute approximate surface area is 190 Å². The number of nitrogens with zero attached hydrogens (tertiary/aromatic N) is 2. The first-order valence-corrected chi connectivity index (χ1v) is 12.6. The van der Waals surface area contributed by atoms with Crippen LogP contribution in [0.5, 0.6) is 0 Å². The number of benzene rings is 2. The first-order valence-electron chi connectivity index (χ1n) is 9.68. The van der Waals surface area contributed by atoms with Crippen molar-refractivity contribution in [2.24, 2.45) is 0 Å². The molecule has 2 aromatic carbocycles. The minimum Gasteiger partial charge on any atom is -0.443 e.